The molecule has 0 spiro atoms. The minimum Gasteiger partial charge on any atom is -0.479 e. The number of anilines is 3. The van der Waals surface area contributed by atoms with Crippen LogP contribution in [0.15, 0.2) is 42.5 Å². The van der Waals surface area contributed by atoms with E-state index < -0.39 is 17.8 Å². The van der Waals surface area contributed by atoms with Crippen LogP contribution in [-0.4, -0.2) is 30.4 Å². The molecule has 3 rings (SSSR count). The molecule has 0 fully saturated rings. The van der Waals surface area contributed by atoms with E-state index in [0.29, 0.717) is 17.1 Å². The molecule has 28 heavy (non-hydrogen) atoms. The average Bonchev–Trinajstić information content (AvgIpc) is 2.64. The van der Waals surface area contributed by atoms with Crippen molar-refractivity contribution in [1.82, 2.24) is 0 Å². The summed E-state index contributed by atoms with van der Waals surface area (Å²) >= 11 is 0. The third-order valence-corrected chi connectivity index (χ3v) is 4.20. The smallest absolute Gasteiger partial charge is 0.267 e. The van der Waals surface area contributed by atoms with Crippen LogP contribution in [0.1, 0.15) is 20.3 Å². The van der Waals surface area contributed by atoms with Crippen molar-refractivity contribution in [3.05, 3.63) is 48.3 Å². The van der Waals surface area contributed by atoms with Crippen LogP contribution in [0.3, 0.4) is 0 Å². The average molecular weight is 385 g/mol. The number of carbonyl (C=O) groups is 3. The van der Waals surface area contributed by atoms with Crippen LogP contribution in [0.4, 0.5) is 21.5 Å². The third kappa shape index (κ3) is 4.28. The Morgan fingerprint density at radius 3 is 2.68 bits per heavy atom. The van der Waals surface area contributed by atoms with E-state index >= 15 is 0 Å². The van der Waals surface area contributed by atoms with Gasteiger partial charge in [0.25, 0.3) is 5.91 Å². The molecule has 1 aliphatic heterocycles. The van der Waals surface area contributed by atoms with Gasteiger partial charge in [-0.1, -0.05) is 12.1 Å². The summed E-state index contributed by atoms with van der Waals surface area (Å²) in [5.41, 5.74) is 0.946. The number of benzene rings is 2. The van der Waals surface area contributed by atoms with Crippen LogP contribution in [0, 0.1) is 5.82 Å². The van der Waals surface area contributed by atoms with Crippen LogP contribution in [0.2, 0.25) is 0 Å². The molecule has 7 nitrogen and oxygen atoms in total. The molecule has 1 heterocycles. The minimum atomic E-state index is -0.629. The quantitative estimate of drug-likeness (QED) is 0.828. The number of amides is 3. The Morgan fingerprint density at radius 2 is 1.93 bits per heavy atom. The number of hydrogen-bond acceptors (Lipinski definition) is 4. The van der Waals surface area contributed by atoms with Crippen LogP contribution >= 0.6 is 0 Å². The number of fused-ring (bicyclic) bond motifs is 1. The molecule has 1 atom stereocenters. The van der Waals surface area contributed by atoms with Crippen molar-refractivity contribution in [1.29, 1.82) is 0 Å². The van der Waals surface area contributed by atoms with E-state index in [9.17, 15) is 18.8 Å². The van der Waals surface area contributed by atoms with E-state index in [1.54, 1.807) is 25.1 Å². The molecule has 0 saturated heterocycles. The lowest BCUT2D eigenvalue weighted by Gasteiger charge is -2.32. The number of rotatable bonds is 5. The zero-order chi connectivity index (χ0) is 20.3. The molecular formula is C20H20FN3O4. The van der Waals surface area contributed by atoms with Gasteiger partial charge in [-0.2, -0.15) is 0 Å². The molecule has 2 aromatic rings. The first-order valence-corrected chi connectivity index (χ1v) is 8.79. The lowest BCUT2D eigenvalue weighted by Crippen LogP contribution is -2.45. The van der Waals surface area contributed by atoms with E-state index in [-0.39, 0.29) is 30.5 Å². The van der Waals surface area contributed by atoms with Crippen molar-refractivity contribution < 1.29 is 23.5 Å². The number of nitrogens with one attached hydrogen (secondary N) is 2. The summed E-state index contributed by atoms with van der Waals surface area (Å²) in [4.78, 5) is 37.4. The molecule has 146 valence electrons. The maximum Gasteiger partial charge on any atom is 0.267 e. The van der Waals surface area contributed by atoms with Gasteiger partial charge >= 0.3 is 0 Å². The minimum absolute atomic E-state index is 0.0172. The Hall–Kier alpha value is -3.42. The zero-order valence-corrected chi connectivity index (χ0v) is 15.5. The Balaban J connectivity index is 1.66. The summed E-state index contributed by atoms with van der Waals surface area (Å²) < 4.78 is 19.3. The molecule has 2 aromatic carbocycles. The van der Waals surface area contributed by atoms with Crippen LogP contribution in [0.25, 0.3) is 0 Å². The molecular weight excluding hydrogens is 365 g/mol. The molecule has 1 unspecified atom stereocenters. The summed E-state index contributed by atoms with van der Waals surface area (Å²) in [5, 5.41) is 5.01. The fourth-order valence-electron chi connectivity index (χ4n) is 2.91. The van der Waals surface area contributed by atoms with Gasteiger partial charge in [0.05, 0.1) is 11.4 Å². The number of ether oxygens (including phenoxy) is 1. The molecule has 3 amide bonds. The fraction of sp³-hybridized carbons (Fsp3) is 0.250. The molecule has 2 N–H and O–H groups in total. The van der Waals surface area contributed by atoms with Crippen LogP contribution in [0.5, 0.6) is 5.75 Å². The molecule has 0 saturated carbocycles. The van der Waals surface area contributed by atoms with Crippen LogP contribution in [-0.2, 0) is 14.4 Å². The summed E-state index contributed by atoms with van der Waals surface area (Å²) in [6.45, 7) is 3.10. The van der Waals surface area contributed by atoms with E-state index in [4.69, 9.17) is 4.74 Å². The van der Waals surface area contributed by atoms with Gasteiger partial charge in [-0.3, -0.25) is 14.4 Å². The van der Waals surface area contributed by atoms with Crippen molar-refractivity contribution in [3.63, 3.8) is 0 Å². The highest BCUT2D eigenvalue weighted by Gasteiger charge is 2.31. The third-order valence-electron chi connectivity index (χ3n) is 4.20. The zero-order valence-electron chi connectivity index (χ0n) is 15.5. The van der Waals surface area contributed by atoms with Gasteiger partial charge in [0, 0.05) is 25.6 Å². The highest BCUT2D eigenvalue weighted by molar-refractivity contribution is 6.01. The summed E-state index contributed by atoms with van der Waals surface area (Å²) in [6.07, 6.45) is -0.588. The Morgan fingerprint density at radius 1 is 1.18 bits per heavy atom. The molecule has 0 aromatic heterocycles. The number of carbonyl (C=O) groups excluding carboxylic acids is 3. The summed E-state index contributed by atoms with van der Waals surface area (Å²) in [7, 11) is 0. The second kappa shape index (κ2) is 8.08. The largest absolute Gasteiger partial charge is 0.479 e. The molecule has 1 aliphatic rings. The first kappa shape index (κ1) is 19.3. The maximum absolute atomic E-state index is 13.7. The molecule has 8 heteroatoms. The van der Waals surface area contributed by atoms with Gasteiger partial charge in [0.15, 0.2) is 6.10 Å². The lowest BCUT2D eigenvalue weighted by molar-refractivity contribution is -0.125. The number of nitrogens with zero attached hydrogens (tertiary/aromatic N) is 1. The van der Waals surface area contributed by atoms with Crippen LogP contribution < -0.4 is 20.3 Å². The Labute approximate surface area is 161 Å². The second-order valence-electron chi connectivity index (χ2n) is 6.39. The maximum atomic E-state index is 13.7. The SMILES string of the molecule is CC(=O)Nc1cc(NC(=O)CCN2C(=O)C(C)Oc3ccccc32)ccc1F. The summed E-state index contributed by atoms with van der Waals surface area (Å²) in [6, 6.07) is 11.0. The van der Waals surface area contributed by atoms with Gasteiger partial charge in [-0.25, -0.2) is 4.39 Å². The first-order chi connectivity index (χ1) is 13.3. The van der Waals surface area contributed by atoms with Crippen molar-refractivity contribution >= 4 is 34.8 Å². The van der Waals surface area contributed by atoms with Crippen molar-refractivity contribution in [2.75, 3.05) is 22.1 Å². The number of halogens is 1. The van der Waals surface area contributed by atoms with E-state index in [2.05, 4.69) is 10.6 Å². The molecule has 0 radical (unpaired) electrons. The standard InChI is InChI=1S/C20H20FN3O4/c1-12-20(27)24(17-5-3-4-6-18(17)28-12)10-9-19(26)23-14-7-8-15(21)16(11-14)22-13(2)25/h3-8,11-12H,9-10H2,1-2H3,(H,22,25)(H,23,26). The first-order valence-electron chi connectivity index (χ1n) is 8.79. The normalized spacial score (nSPS) is 15.5. The summed E-state index contributed by atoms with van der Waals surface area (Å²) in [5.74, 6) is -0.988. The van der Waals surface area contributed by atoms with E-state index in [1.807, 2.05) is 6.07 Å². The predicted molar refractivity (Wildman–Crippen MR) is 103 cm³/mol. The highest BCUT2D eigenvalue weighted by atomic mass is 19.1. The van der Waals surface area contributed by atoms with Crippen molar-refractivity contribution in [2.45, 2.75) is 26.4 Å². The van der Waals surface area contributed by atoms with Crippen molar-refractivity contribution in [2.24, 2.45) is 0 Å². The fourth-order valence-corrected chi connectivity index (χ4v) is 2.91. The Kier molecular flexibility index (Phi) is 5.58. The second-order valence-corrected chi connectivity index (χ2v) is 6.39. The molecule has 0 bridgehead atoms. The Bertz CT molecular complexity index is 931. The topological polar surface area (TPSA) is 87.7 Å². The van der Waals surface area contributed by atoms with Crippen molar-refractivity contribution in [3.8, 4) is 5.75 Å². The highest BCUT2D eigenvalue weighted by Crippen LogP contribution is 2.33. The number of para-hydroxylation sites is 2. The van der Waals surface area contributed by atoms with Gasteiger partial charge in [0.2, 0.25) is 11.8 Å². The van der Waals surface area contributed by atoms with E-state index in [0.717, 1.165) is 6.07 Å². The van der Waals surface area contributed by atoms with E-state index in [1.165, 1.54) is 24.0 Å². The van der Waals surface area contributed by atoms with Gasteiger partial charge in [-0.05, 0) is 37.3 Å². The van der Waals surface area contributed by atoms with Gasteiger partial charge < -0.3 is 20.3 Å². The lowest BCUT2D eigenvalue weighted by atomic mass is 10.1. The predicted octanol–water partition coefficient (Wildman–Crippen LogP) is 2.93. The number of hydrogen-bond donors (Lipinski definition) is 2. The van der Waals surface area contributed by atoms with Gasteiger partial charge in [-0.15, -0.1) is 0 Å². The molecule has 0 aliphatic carbocycles. The van der Waals surface area contributed by atoms with Gasteiger partial charge in [0.1, 0.15) is 11.6 Å². The monoisotopic (exact) mass is 385 g/mol.